The highest BCUT2D eigenvalue weighted by Crippen LogP contribution is 2.23. The zero-order valence-corrected chi connectivity index (χ0v) is 12.5. The Kier molecular flexibility index (Phi) is 4.25. The Morgan fingerprint density at radius 2 is 1.52 bits per heavy atom. The van der Waals surface area contributed by atoms with E-state index >= 15 is 0 Å². The molecule has 7 heteroatoms. The number of cyclic esters (lactones) is 2. The van der Waals surface area contributed by atoms with Crippen molar-refractivity contribution in [1.29, 1.82) is 0 Å². The molecule has 0 saturated carbocycles. The van der Waals surface area contributed by atoms with Gasteiger partial charge in [-0.3, -0.25) is 5.43 Å². The van der Waals surface area contributed by atoms with Gasteiger partial charge in [-0.15, -0.1) is 0 Å². The van der Waals surface area contributed by atoms with Gasteiger partial charge in [0.25, 0.3) is 12.0 Å². The van der Waals surface area contributed by atoms with Gasteiger partial charge in [0.1, 0.15) is 0 Å². The van der Waals surface area contributed by atoms with Crippen molar-refractivity contribution in [3.8, 4) is 0 Å². The average molecular weight is 331 g/mol. The molecule has 0 spiro atoms. The first-order valence-corrected chi connectivity index (χ1v) is 7.07. The average Bonchev–Trinajstić information content (AvgIpc) is 2.56. The number of hydrazone groups is 1. The van der Waals surface area contributed by atoms with Crippen LogP contribution in [0.3, 0.4) is 0 Å². The van der Waals surface area contributed by atoms with E-state index in [0.717, 1.165) is 0 Å². The van der Waals surface area contributed by atoms with Gasteiger partial charge in [0.15, 0.2) is 0 Å². The number of anilines is 1. The molecule has 0 bridgehead atoms. The smallest absolute Gasteiger partial charge is 0.369 e. The van der Waals surface area contributed by atoms with Crippen LogP contribution in [0, 0.1) is 0 Å². The normalized spacial score (nSPS) is 17.3. The minimum absolute atomic E-state index is 0.452. The second kappa shape index (κ2) is 6.50. The molecule has 6 nitrogen and oxygen atoms in total. The number of nitrogens with zero attached hydrogens (tertiary/aromatic N) is 1. The summed E-state index contributed by atoms with van der Waals surface area (Å²) in [6, 6.07) is 15.3. The standard InChI is InChI=1S/C16H11ClN2O4/c17-11-6-8-12(9-7-11)18-19-13-14(20)22-16(23-15(13)21)10-4-2-1-3-5-10/h1-9,16,18H. The third-order valence-corrected chi connectivity index (χ3v) is 3.28. The van der Waals surface area contributed by atoms with Crippen LogP contribution in [-0.4, -0.2) is 17.7 Å². The number of hydrogen-bond acceptors (Lipinski definition) is 6. The highest BCUT2D eigenvalue weighted by atomic mass is 35.5. The van der Waals surface area contributed by atoms with Crippen LogP contribution in [0.4, 0.5) is 5.69 Å². The molecule has 3 rings (SSSR count). The largest absolute Gasteiger partial charge is 0.416 e. The summed E-state index contributed by atoms with van der Waals surface area (Å²) in [6.45, 7) is 0. The molecule has 116 valence electrons. The van der Waals surface area contributed by atoms with E-state index in [9.17, 15) is 9.59 Å². The van der Waals surface area contributed by atoms with Crippen molar-refractivity contribution < 1.29 is 19.1 Å². The molecule has 2 aromatic carbocycles. The Bertz CT molecular complexity index is 739. The molecule has 0 amide bonds. The van der Waals surface area contributed by atoms with E-state index in [-0.39, 0.29) is 0 Å². The summed E-state index contributed by atoms with van der Waals surface area (Å²) in [7, 11) is 0. The summed E-state index contributed by atoms with van der Waals surface area (Å²) in [4.78, 5) is 23.9. The summed E-state index contributed by atoms with van der Waals surface area (Å²) >= 11 is 5.77. The van der Waals surface area contributed by atoms with E-state index in [4.69, 9.17) is 21.1 Å². The number of carbonyl (C=O) groups excluding carboxylic acids is 2. The number of halogens is 1. The van der Waals surface area contributed by atoms with Crippen molar-refractivity contribution >= 4 is 34.9 Å². The van der Waals surface area contributed by atoms with Gasteiger partial charge in [-0.25, -0.2) is 9.59 Å². The molecule has 0 unspecified atom stereocenters. The van der Waals surface area contributed by atoms with Crippen LogP contribution in [-0.2, 0) is 19.1 Å². The van der Waals surface area contributed by atoms with E-state index in [1.54, 1.807) is 54.6 Å². The number of ether oxygens (including phenoxy) is 2. The van der Waals surface area contributed by atoms with Gasteiger partial charge in [-0.1, -0.05) is 41.9 Å². The Morgan fingerprint density at radius 3 is 2.13 bits per heavy atom. The number of carbonyl (C=O) groups is 2. The number of nitrogens with one attached hydrogen (secondary N) is 1. The molecular formula is C16H11ClN2O4. The maximum absolute atomic E-state index is 11.9. The number of esters is 2. The molecule has 1 fully saturated rings. The van der Waals surface area contributed by atoms with Crippen molar-refractivity contribution in [1.82, 2.24) is 0 Å². The fourth-order valence-electron chi connectivity index (χ4n) is 1.90. The maximum Gasteiger partial charge on any atom is 0.369 e. The van der Waals surface area contributed by atoms with Gasteiger partial charge in [0.05, 0.1) is 5.69 Å². The molecule has 1 heterocycles. The van der Waals surface area contributed by atoms with Crippen molar-refractivity contribution in [2.24, 2.45) is 5.10 Å². The predicted octanol–water partition coefficient (Wildman–Crippen LogP) is 2.91. The number of hydrogen-bond donors (Lipinski definition) is 1. The van der Waals surface area contributed by atoms with E-state index in [1.807, 2.05) is 0 Å². The van der Waals surface area contributed by atoms with E-state index in [0.29, 0.717) is 16.3 Å². The third-order valence-electron chi connectivity index (χ3n) is 3.03. The minimum Gasteiger partial charge on any atom is -0.416 e. The highest BCUT2D eigenvalue weighted by Gasteiger charge is 2.36. The van der Waals surface area contributed by atoms with Crippen molar-refractivity contribution in [3.05, 3.63) is 65.2 Å². The van der Waals surface area contributed by atoms with Crippen LogP contribution in [0.5, 0.6) is 0 Å². The van der Waals surface area contributed by atoms with Crippen LogP contribution in [0.2, 0.25) is 5.02 Å². The molecule has 0 aliphatic carbocycles. The Labute approximate surface area is 136 Å². The zero-order valence-electron chi connectivity index (χ0n) is 11.7. The van der Waals surface area contributed by atoms with Crippen LogP contribution in [0.15, 0.2) is 59.7 Å². The first-order valence-electron chi connectivity index (χ1n) is 6.69. The second-order valence-electron chi connectivity index (χ2n) is 4.63. The fourth-order valence-corrected chi connectivity index (χ4v) is 2.02. The lowest BCUT2D eigenvalue weighted by Crippen LogP contribution is -2.37. The summed E-state index contributed by atoms with van der Waals surface area (Å²) in [6.07, 6.45) is -1.06. The maximum atomic E-state index is 11.9. The molecule has 0 atom stereocenters. The summed E-state index contributed by atoms with van der Waals surface area (Å²) in [5.74, 6) is -1.70. The van der Waals surface area contributed by atoms with Gasteiger partial charge in [-0.2, -0.15) is 5.10 Å². The first kappa shape index (κ1) is 15.1. The SMILES string of the molecule is O=C1OC(c2ccccc2)OC(=O)C1=NNc1ccc(Cl)cc1. The molecular weight excluding hydrogens is 320 g/mol. The molecule has 0 radical (unpaired) electrons. The molecule has 0 aromatic heterocycles. The molecule has 2 aromatic rings. The lowest BCUT2D eigenvalue weighted by atomic mass is 10.2. The lowest BCUT2D eigenvalue weighted by Gasteiger charge is -2.23. The number of benzene rings is 2. The summed E-state index contributed by atoms with van der Waals surface area (Å²) in [5, 5.41) is 4.31. The molecule has 1 saturated heterocycles. The predicted molar refractivity (Wildman–Crippen MR) is 83.9 cm³/mol. The van der Waals surface area contributed by atoms with Gasteiger partial charge < -0.3 is 9.47 Å². The Hall–Kier alpha value is -2.86. The molecule has 1 aliphatic heterocycles. The lowest BCUT2D eigenvalue weighted by molar-refractivity contribution is -0.188. The fraction of sp³-hybridized carbons (Fsp3) is 0.0625. The van der Waals surface area contributed by atoms with Gasteiger partial charge in [-0.05, 0) is 24.3 Å². The quantitative estimate of drug-likeness (QED) is 0.691. The molecule has 1 aliphatic rings. The van der Waals surface area contributed by atoms with Gasteiger partial charge in [0, 0.05) is 10.6 Å². The third kappa shape index (κ3) is 3.49. The minimum atomic E-state index is -1.06. The Balaban J connectivity index is 1.73. The first-order chi connectivity index (χ1) is 11.1. The van der Waals surface area contributed by atoms with Crippen molar-refractivity contribution in [2.75, 3.05) is 5.43 Å². The van der Waals surface area contributed by atoms with Gasteiger partial charge >= 0.3 is 11.9 Å². The topological polar surface area (TPSA) is 77.0 Å². The molecule has 23 heavy (non-hydrogen) atoms. The molecule has 1 N–H and O–H groups in total. The zero-order chi connectivity index (χ0) is 16.2. The monoisotopic (exact) mass is 330 g/mol. The van der Waals surface area contributed by atoms with E-state index < -0.39 is 23.9 Å². The van der Waals surface area contributed by atoms with E-state index in [2.05, 4.69) is 10.5 Å². The summed E-state index contributed by atoms with van der Waals surface area (Å²) in [5.41, 5.74) is 3.26. The number of rotatable bonds is 3. The summed E-state index contributed by atoms with van der Waals surface area (Å²) < 4.78 is 10.2. The van der Waals surface area contributed by atoms with Crippen LogP contribution < -0.4 is 5.43 Å². The van der Waals surface area contributed by atoms with Gasteiger partial charge in [0.2, 0.25) is 0 Å². The van der Waals surface area contributed by atoms with Crippen molar-refractivity contribution in [3.63, 3.8) is 0 Å². The van der Waals surface area contributed by atoms with Crippen molar-refractivity contribution in [2.45, 2.75) is 6.29 Å². The van der Waals surface area contributed by atoms with Crippen LogP contribution in [0.25, 0.3) is 0 Å². The van der Waals surface area contributed by atoms with Crippen LogP contribution in [0.1, 0.15) is 11.9 Å². The Morgan fingerprint density at radius 1 is 0.913 bits per heavy atom. The second-order valence-corrected chi connectivity index (χ2v) is 5.07. The van der Waals surface area contributed by atoms with Crippen LogP contribution >= 0.6 is 11.6 Å². The van der Waals surface area contributed by atoms with E-state index in [1.165, 1.54) is 0 Å². The highest BCUT2D eigenvalue weighted by molar-refractivity contribution is 6.63.